The van der Waals surface area contributed by atoms with Crippen LogP contribution in [0.25, 0.3) is 0 Å². The first-order valence-electron chi connectivity index (χ1n) is 8.22. The highest BCUT2D eigenvalue weighted by molar-refractivity contribution is 5.52. The van der Waals surface area contributed by atoms with Gasteiger partial charge in [0.2, 0.25) is 0 Å². The van der Waals surface area contributed by atoms with E-state index in [9.17, 15) is 5.11 Å². The summed E-state index contributed by atoms with van der Waals surface area (Å²) in [6.07, 6.45) is 0. The number of benzene rings is 2. The lowest BCUT2D eigenvalue weighted by atomic mass is 9.81. The molecule has 0 aliphatic heterocycles. The number of hydrogen-bond donors (Lipinski definition) is 2. The lowest BCUT2D eigenvalue weighted by Crippen LogP contribution is -2.32. The van der Waals surface area contributed by atoms with E-state index in [4.69, 9.17) is 19.9 Å². The van der Waals surface area contributed by atoms with Crippen molar-refractivity contribution in [2.45, 2.75) is 26.5 Å². The van der Waals surface area contributed by atoms with Gasteiger partial charge in [0.25, 0.3) is 0 Å². The number of methoxy groups -OCH3 is 2. The molecule has 0 aliphatic rings. The fraction of sp³-hybridized carbons (Fsp3) is 0.400. The van der Waals surface area contributed by atoms with Crippen molar-refractivity contribution in [1.29, 1.82) is 0 Å². The zero-order valence-corrected chi connectivity index (χ0v) is 15.3. The zero-order valence-electron chi connectivity index (χ0n) is 15.3. The van der Waals surface area contributed by atoms with Gasteiger partial charge in [-0.05, 0) is 11.6 Å². The summed E-state index contributed by atoms with van der Waals surface area (Å²) in [6.45, 7) is 4.20. The third kappa shape index (κ3) is 4.44. The smallest absolute Gasteiger partial charge is 0.164 e. The Morgan fingerprint density at radius 3 is 2.16 bits per heavy atom. The fourth-order valence-electron chi connectivity index (χ4n) is 2.50. The monoisotopic (exact) mass is 345 g/mol. The Labute approximate surface area is 149 Å². The summed E-state index contributed by atoms with van der Waals surface area (Å²) < 4.78 is 16.8. The molecule has 2 rings (SSSR count). The number of ether oxygens (including phenoxy) is 3. The molecule has 0 bridgehead atoms. The molecule has 2 aromatic rings. The maximum Gasteiger partial charge on any atom is 0.164 e. The molecule has 0 saturated heterocycles. The number of hydrogen-bond acceptors (Lipinski definition) is 5. The third-order valence-corrected chi connectivity index (χ3v) is 4.34. The first kappa shape index (κ1) is 19.1. The van der Waals surface area contributed by atoms with Crippen LogP contribution in [0.2, 0.25) is 0 Å². The van der Waals surface area contributed by atoms with Crippen LogP contribution < -0.4 is 19.9 Å². The molecule has 5 nitrogen and oxygen atoms in total. The van der Waals surface area contributed by atoms with Crippen molar-refractivity contribution >= 4 is 0 Å². The topological polar surface area (TPSA) is 73.9 Å². The minimum Gasteiger partial charge on any atom is -0.493 e. The van der Waals surface area contributed by atoms with E-state index < -0.39 is 11.5 Å². The molecule has 0 saturated carbocycles. The quantitative estimate of drug-likeness (QED) is 0.768. The van der Waals surface area contributed by atoms with Crippen LogP contribution in [0.3, 0.4) is 0 Å². The predicted molar refractivity (Wildman–Crippen MR) is 98.1 cm³/mol. The van der Waals surface area contributed by atoms with Gasteiger partial charge in [0.1, 0.15) is 12.4 Å². The number of nitrogens with two attached hydrogens (primary N) is 1. The molecule has 0 unspecified atom stereocenters. The van der Waals surface area contributed by atoms with E-state index in [1.807, 2.05) is 50.2 Å². The van der Waals surface area contributed by atoms with E-state index in [1.54, 1.807) is 20.3 Å². The van der Waals surface area contributed by atoms with Gasteiger partial charge in [-0.2, -0.15) is 0 Å². The first-order chi connectivity index (χ1) is 11.9. The Morgan fingerprint density at radius 1 is 1.00 bits per heavy atom. The standard InChI is InChI=1S/C20H27NO4/c1-20(2,13-22)19(21)15-10-17(23-3)18(24-4)11-16(15)25-12-14-8-6-5-7-9-14/h5-11,19,22H,12-13,21H2,1-4H3/t19-/m1/s1. The molecule has 2 aromatic carbocycles. The molecule has 3 N–H and O–H groups in total. The highest BCUT2D eigenvalue weighted by atomic mass is 16.5. The van der Waals surface area contributed by atoms with Crippen molar-refractivity contribution in [1.82, 2.24) is 0 Å². The van der Waals surface area contributed by atoms with Crippen LogP contribution in [0.1, 0.15) is 31.0 Å². The van der Waals surface area contributed by atoms with Crippen LogP contribution in [0.15, 0.2) is 42.5 Å². The maximum absolute atomic E-state index is 9.68. The molecule has 25 heavy (non-hydrogen) atoms. The fourth-order valence-corrected chi connectivity index (χ4v) is 2.50. The first-order valence-corrected chi connectivity index (χ1v) is 8.22. The van der Waals surface area contributed by atoms with Crippen LogP contribution >= 0.6 is 0 Å². The minimum absolute atomic E-state index is 0.0410. The third-order valence-electron chi connectivity index (χ3n) is 4.34. The predicted octanol–water partition coefficient (Wildman–Crippen LogP) is 3.30. The second-order valence-corrected chi connectivity index (χ2v) is 6.64. The second-order valence-electron chi connectivity index (χ2n) is 6.64. The van der Waals surface area contributed by atoms with Gasteiger partial charge in [-0.15, -0.1) is 0 Å². The van der Waals surface area contributed by atoms with Gasteiger partial charge in [0.05, 0.1) is 14.2 Å². The molecule has 0 heterocycles. The van der Waals surface area contributed by atoms with Crippen molar-refractivity contribution < 1.29 is 19.3 Å². The summed E-state index contributed by atoms with van der Waals surface area (Å²) in [6, 6.07) is 13.1. The molecular weight excluding hydrogens is 318 g/mol. The summed E-state index contributed by atoms with van der Waals surface area (Å²) in [5.74, 6) is 1.77. The minimum atomic E-state index is -0.509. The number of aliphatic hydroxyl groups excluding tert-OH is 1. The van der Waals surface area contributed by atoms with E-state index in [0.717, 1.165) is 11.1 Å². The van der Waals surface area contributed by atoms with Gasteiger partial charge in [-0.25, -0.2) is 0 Å². The Balaban J connectivity index is 2.40. The van der Waals surface area contributed by atoms with Crippen LogP contribution in [-0.2, 0) is 6.61 Å². The number of rotatable bonds is 8. The second kappa shape index (κ2) is 8.23. The van der Waals surface area contributed by atoms with Gasteiger partial charge in [0.15, 0.2) is 11.5 Å². The largest absolute Gasteiger partial charge is 0.493 e. The van der Waals surface area contributed by atoms with Gasteiger partial charge < -0.3 is 25.1 Å². The van der Waals surface area contributed by atoms with Crippen LogP contribution in [0, 0.1) is 5.41 Å². The highest BCUT2D eigenvalue weighted by Crippen LogP contribution is 2.42. The Hall–Kier alpha value is -2.24. The SMILES string of the molecule is COc1cc(OCc2ccccc2)c([C@@H](N)C(C)(C)CO)cc1OC. The average Bonchev–Trinajstić information content (AvgIpc) is 2.65. The normalized spacial score (nSPS) is 12.6. The van der Waals surface area contributed by atoms with Crippen molar-refractivity contribution in [2.75, 3.05) is 20.8 Å². The van der Waals surface area contributed by atoms with E-state index in [0.29, 0.717) is 23.9 Å². The van der Waals surface area contributed by atoms with Crippen molar-refractivity contribution in [3.8, 4) is 17.2 Å². The zero-order chi connectivity index (χ0) is 18.4. The van der Waals surface area contributed by atoms with E-state index in [2.05, 4.69) is 0 Å². The molecule has 0 spiro atoms. The van der Waals surface area contributed by atoms with Gasteiger partial charge in [-0.3, -0.25) is 0 Å². The highest BCUT2D eigenvalue weighted by Gasteiger charge is 2.30. The Kier molecular flexibility index (Phi) is 6.28. The van der Waals surface area contributed by atoms with Crippen LogP contribution in [0.4, 0.5) is 0 Å². The lowest BCUT2D eigenvalue weighted by molar-refractivity contribution is 0.130. The lowest BCUT2D eigenvalue weighted by Gasteiger charge is -2.31. The van der Waals surface area contributed by atoms with E-state index in [-0.39, 0.29) is 6.61 Å². The van der Waals surface area contributed by atoms with Gasteiger partial charge in [-0.1, -0.05) is 44.2 Å². The molecule has 5 heteroatoms. The molecule has 0 fully saturated rings. The van der Waals surface area contributed by atoms with Crippen molar-refractivity contribution in [3.63, 3.8) is 0 Å². The van der Waals surface area contributed by atoms with Crippen LogP contribution in [-0.4, -0.2) is 25.9 Å². The summed E-state index contributed by atoms with van der Waals surface area (Å²) in [5.41, 5.74) is 7.75. The molecular formula is C20H27NO4. The molecule has 0 radical (unpaired) electrons. The van der Waals surface area contributed by atoms with Crippen LogP contribution in [0.5, 0.6) is 17.2 Å². The van der Waals surface area contributed by atoms with Crippen molar-refractivity contribution in [3.05, 3.63) is 53.6 Å². The summed E-state index contributed by atoms with van der Waals surface area (Å²) in [4.78, 5) is 0. The molecule has 1 atom stereocenters. The van der Waals surface area contributed by atoms with E-state index >= 15 is 0 Å². The van der Waals surface area contributed by atoms with Crippen molar-refractivity contribution in [2.24, 2.45) is 11.1 Å². The molecule has 0 amide bonds. The molecule has 0 aliphatic carbocycles. The Morgan fingerprint density at radius 2 is 1.60 bits per heavy atom. The summed E-state index contributed by atoms with van der Waals surface area (Å²) in [5, 5.41) is 9.68. The summed E-state index contributed by atoms with van der Waals surface area (Å²) in [7, 11) is 3.16. The summed E-state index contributed by atoms with van der Waals surface area (Å²) >= 11 is 0. The molecule has 136 valence electrons. The van der Waals surface area contributed by atoms with E-state index in [1.165, 1.54) is 0 Å². The van der Waals surface area contributed by atoms with Gasteiger partial charge >= 0.3 is 0 Å². The Bertz CT molecular complexity index is 686. The molecule has 0 aromatic heterocycles. The van der Waals surface area contributed by atoms with Gasteiger partial charge in [0, 0.05) is 29.7 Å². The maximum atomic E-state index is 9.68. The average molecular weight is 345 g/mol. The number of aliphatic hydroxyl groups is 1.